The number of quaternary nitrogens is 2. The standard InChI is InChI=1S/C15H19N3/c1-17-9-12-13(15(10-17)6-4-7-15)11-5-3-8-16-14(11)18(12)2/h3,5,8,17-18H,1-2,4,6-7,9-10H2. The van der Waals surface area contributed by atoms with Gasteiger partial charge in [0.15, 0.2) is 0 Å². The molecule has 0 bridgehead atoms. The molecule has 2 aliphatic heterocycles. The van der Waals surface area contributed by atoms with Gasteiger partial charge in [0.25, 0.3) is 0 Å². The fraction of sp³-hybridized carbons (Fsp3) is 0.400. The van der Waals surface area contributed by atoms with Crippen molar-refractivity contribution in [3.63, 3.8) is 0 Å². The Hall–Kier alpha value is -1.19. The summed E-state index contributed by atoms with van der Waals surface area (Å²) in [5.74, 6) is 1.11. The van der Waals surface area contributed by atoms with Crippen LogP contribution in [-0.4, -0.2) is 18.1 Å². The van der Waals surface area contributed by atoms with Crippen LogP contribution in [0.4, 0.5) is 5.82 Å². The van der Waals surface area contributed by atoms with Gasteiger partial charge in [-0.1, -0.05) is 6.42 Å². The van der Waals surface area contributed by atoms with Crippen molar-refractivity contribution in [2.24, 2.45) is 5.41 Å². The lowest BCUT2D eigenvalue weighted by molar-refractivity contribution is -0.880. The maximum absolute atomic E-state index is 4.54. The molecule has 1 aromatic rings. The minimum absolute atomic E-state index is 0.377. The lowest BCUT2D eigenvalue weighted by Crippen LogP contribution is -3.14. The first-order valence-corrected chi connectivity index (χ1v) is 6.77. The van der Waals surface area contributed by atoms with E-state index in [0.717, 1.165) is 17.3 Å². The monoisotopic (exact) mass is 241 g/mol. The fourth-order valence-corrected chi connectivity index (χ4v) is 4.01. The van der Waals surface area contributed by atoms with E-state index in [0.29, 0.717) is 5.41 Å². The second kappa shape index (κ2) is 3.43. The first-order valence-electron chi connectivity index (χ1n) is 6.77. The average Bonchev–Trinajstić information content (AvgIpc) is 2.61. The van der Waals surface area contributed by atoms with Crippen LogP contribution >= 0.6 is 0 Å². The summed E-state index contributed by atoms with van der Waals surface area (Å²) in [5.41, 5.74) is 4.72. The molecule has 3 heterocycles. The summed E-state index contributed by atoms with van der Waals surface area (Å²) >= 11 is 0. The number of hydrogen-bond donors (Lipinski definition) is 2. The Bertz CT molecular complexity index is 542. The summed E-state index contributed by atoms with van der Waals surface area (Å²) in [5, 5.41) is 0. The second-order valence-electron chi connectivity index (χ2n) is 5.97. The van der Waals surface area contributed by atoms with Crippen molar-refractivity contribution in [3.8, 4) is 0 Å². The summed E-state index contributed by atoms with van der Waals surface area (Å²) in [6.45, 7) is 2.18. The third kappa shape index (κ3) is 1.19. The predicted molar refractivity (Wildman–Crippen MR) is 69.5 cm³/mol. The molecule has 1 fully saturated rings. The predicted octanol–water partition coefficient (Wildman–Crippen LogP) is -0.0253. The molecule has 3 nitrogen and oxygen atoms in total. The molecule has 94 valence electrons. The van der Waals surface area contributed by atoms with Crippen LogP contribution in [0.5, 0.6) is 0 Å². The quantitative estimate of drug-likeness (QED) is 0.612. The van der Waals surface area contributed by atoms with E-state index >= 15 is 0 Å². The van der Waals surface area contributed by atoms with E-state index in [2.05, 4.69) is 31.2 Å². The van der Waals surface area contributed by atoms with Gasteiger partial charge >= 0.3 is 0 Å². The Morgan fingerprint density at radius 2 is 2.11 bits per heavy atom. The highest BCUT2D eigenvalue weighted by Crippen LogP contribution is 2.53. The Labute approximate surface area is 108 Å². The van der Waals surface area contributed by atoms with Gasteiger partial charge in [0.2, 0.25) is 5.82 Å². The molecule has 2 atom stereocenters. The van der Waals surface area contributed by atoms with E-state index in [1.54, 1.807) is 5.57 Å². The van der Waals surface area contributed by atoms with Gasteiger partial charge in [0.05, 0.1) is 12.1 Å². The lowest BCUT2D eigenvalue weighted by atomic mass is 9.61. The summed E-state index contributed by atoms with van der Waals surface area (Å²) in [7, 11) is 8.53. The van der Waals surface area contributed by atoms with Crippen LogP contribution in [0.15, 0.2) is 24.0 Å². The van der Waals surface area contributed by atoms with Gasteiger partial charge in [-0.15, -0.1) is 7.05 Å². The van der Waals surface area contributed by atoms with Gasteiger partial charge in [-0.05, 0) is 25.0 Å². The molecule has 2 N–H and O–H groups in total. The van der Waals surface area contributed by atoms with E-state index in [4.69, 9.17) is 0 Å². The molecular weight excluding hydrogens is 222 g/mol. The van der Waals surface area contributed by atoms with Gasteiger partial charge < -0.3 is 9.80 Å². The van der Waals surface area contributed by atoms with Gasteiger partial charge in [-0.25, -0.2) is 4.98 Å². The molecule has 1 saturated carbocycles. The highest BCUT2D eigenvalue weighted by atomic mass is 15.2. The molecule has 0 aromatic carbocycles. The summed E-state index contributed by atoms with van der Waals surface area (Å²) in [6.07, 6.45) is 5.86. The van der Waals surface area contributed by atoms with E-state index in [9.17, 15) is 0 Å². The molecule has 0 radical (unpaired) electrons. The lowest BCUT2D eigenvalue weighted by Gasteiger charge is -2.48. The highest BCUT2D eigenvalue weighted by Gasteiger charge is 2.52. The van der Waals surface area contributed by atoms with Gasteiger partial charge in [-0.3, -0.25) is 0 Å². The van der Waals surface area contributed by atoms with E-state index in [1.165, 1.54) is 42.0 Å². The van der Waals surface area contributed by atoms with Crippen molar-refractivity contribution in [2.45, 2.75) is 19.3 Å². The molecule has 3 aliphatic rings. The van der Waals surface area contributed by atoms with Crippen LogP contribution in [0.3, 0.4) is 0 Å². The molecule has 18 heavy (non-hydrogen) atoms. The van der Waals surface area contributed by atoms with Gasteiger partial charge in [0, 0.05) is 17.2 Å². The van der Waals surface area contributed by atoms with Crippen molar-refractivity contribution < 1.29 is 9.80 Å². The summed E-state index contributed by atoms with van der Waals surface area (Å²) in [4.78, 5) is 7.07. The first kappa shape index (κ1) is 10.7. The fourth-order valence-electron chi connectivity index (χ4n) is 4.01. The van der Waals surface area contributed by atoms with E-state index < -0.39 is 0 Å². The molecule has 2 unspecified atom stereocenters. The maximum atomic E-state index is 4.54. The van der Waals surface area contributed by atoms with Crippen molar-refractivity contribution in [1.29, 1.82) is 0 Å². The van der Waals surface area contributed by atoms with Gasteiger partial charge in [-0.2, -0.15) is 7.05 Å². The number of aromatic nitrogens is 1. The molecule has 0 saturated heterocycles. The Kier molecular flexibility index (Phi) is 2.04. The summed E-state index contributed by atoms with van der Waals surface area (Å²) < 4.78 is 0. The average molecular weight is 241 g/mol. The zero-order valence-corrected chi connectivity index (χ0v) is 10.6. The first-order chi connectivity index (χ1) is 8.71. The van der Waals surface area contributed by atoms with Crippen molar-refractivity contribution in [2.75, 3.05) is 13.1 Å². The van der Waals surface area contributed by atoms with Crippen LogP contribution in [-0.2, 0) is 0 Å². The van der Waals surface area contributed by atoms with Crippen molar-refractivity contribution >= 4 is 11.4 Å². The van der Waals surface area contributed by atoms with Crippen LogP contribution in [0.25, 0.3) is 5.57 Å². The smallest absolute Gasteiger partial charge is 0.212 e. The second-order valence-corrected chi connectivity index (χ2v) is 5.97. The molecule has 1 aliphatic carbocycles. The normalized spacial score (nSPS) is 32.1. The largest absolute Gasteiger partial charge is 0.459 e. The van der Waals surface area contributed by atoms with Crippen LogP contribution in [0.1, 0.15) is 24.8 Å². The van der Waals surface area contributed by atoms with E-state index in [1.807, 2.05) is 6.20 Å². The highest BCUT2D eigenvalue weighted by molar-refractivity contribution is 5.80. The molecule has 0 amide bonds. The number of fused-ring (bicyclic) bond motifs is 3. The van der Waals surface area contributed by atoms with Crippen LogP contribution < -0.4 is 9.80 Å². The Balaban J connectivity index is 1.93. The number of nitrogens with zero attached hydrogens (tertiary/aromatic N) is 1. The number of hydrogen-bond acceptors (Lipinski definition) is 1. The zero-order valence-electron chi connectivity index (χ0n) is 10.6. The van der Waals surface area contributed by atoms with Crippen LogP contribution in [0, 0.1) is 19.5 Å². The summed E-state index contributed by atoms with van der Waals surface area (Å²) in [6, 6.07) is 4.28. The van der Waals surface area contributed by atoms with Gasteiger partial charge in [0.1, 0.15) is 12.2 Å². The topological polar surface area (TPSA) is 21.8 Å². The van der Waals surface area contributed by atoms with Crippen molar-refractivity contribution in [3.05, 3.63) is 43.7 Å². The molecule has 3 heteroatoms. The SMILES string of the molecule is [CH2-][NH+]1CC2=C(c3cccnc3[NH+]2[CH2-])C2(CCC2)C1. The Morgan fingerprint density at radius 3 is 2.83 bits per heavy atom. The van der Waals surface area contributed by atoms with E-state index in [-0.39, 0.29) is 0 Å². The Morgan fingerprint density at radius 1 is 1.28 bits per heavy atom. The molecular formula is C15H19N3. The maximum Gasteiger partial charge on any atom is 0.212 e. The molecule has 1 spiro atoms. The molecule has 4 rings (SSSR count). The molecule has 1 aromatic heterocycles. The number of nitrogens with one attached hydrogen (secondary N) is 2. The minimum atomic E-state index is 0.377. The third-order valence-electron chi connectivity index (χ3n) is 4.89. The minimum Gasteiger partial charge on any atom is -0.459 e. The van der Waals surface area contributed by atoms with Crippen molar-refractivity contribution in [1.82, 2.24) is 4.98 Å². The zero-order chi connectivity index (χ0) is 12.3. The van der Waals surface area contributed by atoms with Crippen LogP contribution in [0.2, 0.25) is 0 Å². The third-order valence-corrected chi connectivity index (χ3v) is 4.89. The number of rotatable bonds is 0. The number of pyridine rings is 1.